The van der Waals surface area contributed by atoms with Gasteiger partial charge in [-0.1, -0.05) is 37.4 Å². The van der Waals surface area contributed by atoms with Gasteiger partial charge in [0.05, 0.1) is 17.8 Å². The molecule has 19 heavy (non-hydrogen) atoms. The van der Waals surface area contributed by atoms with E-state index in [1.165, 1.54) is 37.4 Å². The Labute approximate surface area is 120 Å². The number of carbonyl (C=O) groups is 1. The molecular formula is C14H25N3OS. The standard InChI is InChI=1S/C14H25N3OS/c1-14(2)10-15-13(17-14)19-9-12(18)16-11-7-5-3-4-6-8-11/h11H,3-10H2,1-2H3,(H,15,17)(H,16,18). The van der Waals surface area contributed by atoms with Crippen molar-refractivity contribution in [3.8, 4) is 0 Å². The van der Waals surface area contributed by atoms with Crippen LogP contribution in [0.3, 0.4) is 0 Å². The minimum absolute atomic E-state index is 0.0418. The maximum absolute atomic E-state index is 11.9. The molecule has 5 heteroatoms. The predicted molar refractivity (Wildman–Crippen MR) is 81.6 cm³/mol. The summed E-state index contributed by atoms with van der Waals surface area (Å²) in [5, 5.41) is 7.40. The van der Waals surface area contributed by atoms with E-state index < -0.39 is 0 Å². The Morgan fingerprint density at radius 3 is 2.63 bits per heavy atom. The number of hydrogen-bond donors (Lipinski definition) is 2. The number of amidine groups is 1. The van der Waals surface area contributed by atoms with Gasteiger partial charge in [0.1, 0.15) is 0 Å². The summed E-state index contributed by atoms with van der Waals surface area (Å²) in [4.78, 5) is 16.3. The molecule has 0 saturated heterocycles. The third kappa shape index (κ3) is 5.05. The maximum Gasteiger partial charge on any atom is 0.230 e. The van der Waals surface area contributed by atoms with Crippen LogP contribution in [0.2, 0.25) is 0 Å². The van der Waals surface area contributed by atoms with Crippen molar-refractivity contribution in [3.05, 3.63) is 0 Å². The van der Waals surface area contributed by atoms with Gasteiger partial charge in [-0.25, -0.2) is 0 Å². The lowest BCUT2D eigenvalue weighted by Gasteiger charge is -2.18. The summed E-state index contributed by atoms with van der Waals surface area (Å²) in [6.45, 7) is 5.03. The maximum atomic E-state index is 11.9. The lowest BCUT2D eigenvalue weighted by molar-refractivity contribution is -0.119. The van der Waals surface area contributed by atoms with E-state index in [1.807, 2.05) is 0 Å². The van der Waals surface area contributed by atoms with E-state index >= 15 is 0 Å². The van der Waals surface area contributed by atoms with E-state index in [2.05, 4.69) is 29.5 Å². The third-order valence-electron chi connectivity index (χ3n) is 3.62. The molecule has 0 unspecified atom stereocenters. The van der Waals surface area contributed by atoms with Crippen LogP contribution in [0.25, 0.3) is 0 Å². The number of hydrogen-bond acceptors (Lipinski definition) is 4. The quantitative estimate of drug-likeness (QED) is 0.781. The molecule has 0 aromatic rings. The van der Waals surface area contributed by atoms with E-state index in [9.17, 15) is 4.79 Å². The Morgan fingerprint density at radius 2 is 2.05 bits per heavy atom. The highest BCUT2D eigenvalue weighted by Crippen LogP contribution is 2.18. The molecule has 1 amide bonds. The molecule has 108 valence electrons. The van der Waals surface area contributed by atoms with Crippen molar-refractivity contribution in [2.45, 2.75) is 64.0 Å². The fourth-order valence-electron chi connectivity index (χ4n) is 2.55. The summed E-state index contributed by atoms with van der Waals surface area (Å²) >= 11 is 1.52. The first kappa shape index (κ1) is 14.7. The van der Waals surface area contributed by atoms with E-state index in [1.54, 1.807) is 0 Å². The molecule has 2 N–H and O–H groups in total. The van der Waals surface area contributed by atoms with Crippen molar-refractivity contribution in [2.24, 2.45) is 4.99 Å². The molecule has 1 fully saturated rings. The van der Waals surface area contributed by atoms with E-state index in [0.29, 0.717) is 11.8 Å². The number of amides is 1. The SMILES string of the molecule is CC1(C)CN=C(SCC(=O)NC2CCCCCC2)N1. The third-order valence-corrected chi connectivity index (χ3v) is 4.53. The van der Waals surface area contributed by atoms with Crippen molar-refractivity contribution < 1.29 is 4.79 Å². The van der Waals surface area contributed by atoms with Crippen LogP contribution in [-0.2, 0) is 4.79 Å². The van der Waals surface area contributed by atoms with Gasteiger partial charge in [0.15, 0.2) is 5.17 Å². The minimum atomic E-state index is 0.0418. The van der Waals surface area contributed by atoms with Crippen LogP contribution in [0.15, 0.2) is 4.99 Å². The van der Waals surface area contributed by atoms with Gasteiger partial charge in [0, 0.05) is 6.04 Å². The number of rotatable bonds is 3. The summed E-state index contributed by atoms with van der Waals surface area (Å²) in [6.07, 6.45) is 7.42. The average Bonchev–Trinajstić information content (AvgIpc) is 2.55. The van der Waals surface area contributed by atoms with Crippen LogP contribution < -0.4 is 10.6 Å². The average molecular weight is 283 g/mol. The number of aliphatic imine (C=N–C) groups is 1. The lowest BCUT2D eigenvalue weighted by Crippen LogP contribution is -2.39. The van der Waals surface area contributed by atoms with Crippen molar-refractivity contribution in [3.63, 3.8) is 0 Å². The van der Waals surface area contributed by atoms with Crippen LogP contribution in [0.1, 0.15) is 52.4 Å². The fraction of sp³-hybridized carbons (Fsp3) is 0.857. The van der Waals surface area contributed by atoms with Crippen molar-refractivity contribution in [1.82, 2.24) is 10.6 Å². The van der Waals surface area contributed by atoms with Gasteiger partial charge in [0.25, 0.3) is 0 Å². The highest BCUT2D eigenvalue weighted by molar-refractivity contribution is 8.14. The Bertz CT molecular complexity index is 347. The van der Waals surface area contributed by atoms with Gasteiger partial charge in [0.2, 0.25) is 5.91 Å². The molecule has 0 spiro atoms. The second-order valence-electron chi connectivity index (χ2n) is 6.17. The molecule has 1 saturated carbocycles. The van der Waals surface area contributed by atoms with Gasteiger partial charge in [-0.2, -0.15) is 0 Å². The van der Waals surface area contributed by atoms with E-state index in [-0.39, 0.29) is 11.4 Å². The first-order chi connectivity index (χ1) is 9.05. The van der Waals surface area contributed by atoms with Gasteiger partial charge in [-0.05, 0) is 26.7 Å². The van der Waals surface area contributed by atoms with Crippen molar-refractivity contribution in [2.75, 3.05) is 12.3 Å². The second kappa shape index (κ2) is 6.64. The topological polar surface area (TPSA) is 53.5 Å². The molecule has 0 atom stereocenters. The highest BCUT2D eigenvalue weighted by Gasteiger charge is 2.25. The smallest absolute Gasteiger partial charge is 0.230 e. The molecular weight excluding hydrogens is 258 g/mol. The number of carbonyl (C=O) groups excluding carboxylic acids is 1. The molecule has 2 rings (SSSR count). The van der Waals surface area contributed by atoms with Gasteiger partial charge < -0.3 is 10.6 Å². The normalized spacial score (nSPS) is 23.4. The van der Waals surface area contributed by atoms with Crippen LogP contribution in [0.5, 0.6) is 0 Å². The molecule has 0 radical (unpaired) electrons. The molecule has 1 aliphatic carbocycles. The fourth-order valence-corrected chi connectivity index (χ4v) is 3.40. The molecule has 1 aliphatic heterocycles. The van der Waals surface area contributed by atoms with Crippen LogP contribution in [-0.4, -0.2) is 35.0 Å². The molecule has 0 aromatic heterocycles. The summed E-state index contributed by atoms with van der Waals surface area (Å²) in [7, 11) is 0. The molecule has 4 nitrogen and oxygen atoms in total. The zero-order chi connectivity index (χ0) is 13.7. The highest BCUT2D eigenvalue weighted by atomic mass is 32.2. The molecule has 1 heterocycles. The Balaban J connectivity index is 1.67. The summed E-state index contributed by atoms with van der Waals surface area (Å²) in [6, 6.07) is 0.394. The first-order valence-corrected chi connectivity index (χ1v) is 8.28. The summed E-state index contributed by atoms with van der Waals surface area (Å²) in [5.74, 6) is 0.615. The largest absolute Gasteiger partial charge is 0.358 e. The number of nitrogens with zero attached hydrogens (tertiary/aromatic N) is 1. The van der Waals surface area contributed by atoms with Crippen LogP contribution in [0, 0.1) is 0 Å². The Morgan fingerprint density at radius 1 is 1.37 bits per heavy atom. The van der Waals surface area contributed by atoms with Gasteiger partial charge in [-0.15, -0.1) is 0 Å². The van der Waals surface area contributed by atoms with E-state index in [4.69, 9.17) is 0 Å². The zero-order valence-corrected chi connectivity index (χ0v) is 12.8. The van der Waals surface area contributed by atoms with Crippen molar-refractivity contribution >= 4 is 22.8 Å². The first-order valence-electron chi connectivity index (χ1n) is 7.30. The Hall–Kier alpha value is -0.710. The molecule has 2 aliphatic rings. The van der Waals surface area contributed by atoms with Crippen molar-refractivity contribution in [1.29, 1.82) is 0 Å². The Kier molecular flexibility index (Phi) is 5.13. The lowest BCUT2D eigenvalue weighted by atomic mass is 10.1. The van der Waals surface area contributed by atoms with E-state index in [0.717, 1.165) is 24.6 Å². The molecule has 0 aromatic carbocycles. The van der Waals surface area contributed by atoms with Gasteiger partial charge in [-0.3, -0.25) is 9.79 Å². The second-order valence-corrected chi connectivity index (χ2v) is 7.14. The summed E-state index contributed by atoms with van der Waals surface area (Å²) < 4.78 is 0. The number of nitrogens with one attached hydrogen (secondary N) is 2. The number of thioether (sulfide) groups is 1. The zero-order valence-electron chi connectivity index (χ0n) is 12.0. The van der Waals surface area contributed by atoms with Gasteiger partial charge >= 0.3 is 0 Å². The molecule has 0 bridgehead atoms. The minimum Gasteiger partial charge on any atom is -0.358 e. The predicted octanol–water partition coefficient (Wildman–Crippen LogP) is 2.30. The monoisotopic (exact) mass is 283 g/mol. The van der Waals surface area contributed by atoms with Crippen LogP contribution >= 0.6 is 11.8 Å². The summed E-state index contributed by atoms with van der Waals surface area (Å²) in [5.41, 5.74) is 0.0418. The van der Waals surface area contributed by atoms with Crippen LogP contribution in [0.4, 0.5) is 0 Å².